The normalized spacial score (nSPS) is 14.8. The molecule has 5 nitrogen and oxygen atoms in total. The number of rotatable bonds is 13. The van der Waals surface area contributed by atoms with E-state index in [1.807, 2.05) is 27.7 Å². The summed E-state index contributed by atoms with van der Waals surface area (Å²) >= 11 is 0. The second kappa shape index (κ2) is 11.6. The van der Waals surface area contributed by atoms with Crippen molar-refractivity contribution < 1.29 is 23.7 Å². The van der Waals surface area contributed by atoms with E-state index in [9.17, 15) is 0 Å². The molecule has 1 unspecified atom stereocenters. The summed E-state index contributed by atoms with van der Waals surface area (Å²) in [5.74, 6) is 0. The third kappa shape index (κ3) is 9.35. The van der Waals surface area contributed by atoms with Crippen LogP contribution in [0.4, 0.5) is 0 Å². The van der Waals surface area contributed by atoms with Crippen molar-refractivity contribution in [1.82, 2.24) is 0 Å². The van der Waals surface area contributed by atoms with Crippen LogP contribution in [0, 0.1) is 0 Å². The fourth-order valence-corrected chi connectivity index (χ4v) is 1.47. The van der Waals surface area contributed by atoms with Gasteiger partial charge in [0.15, 0.2) is 0 Å². The lowest BCUT2D eigenvalue weighted by Crippen LogP contribution is -2.44. The molecule has 1 atom stereocenters. The maximum absolute atomic E-state index is 5.71. The summed E-state index contributed by atoms with van der Waals surface area (Å²) in [6, 6.07) is 0. The molecule has 0 heterocycles. The number of hydrogen-bond donors (Lipinski definition) is 0. The zero-order chi connectivity index (χ0) is 14.6. The summed E-state index contributed by atoms with van der Waals surface area (Å²) in [5.41, 5.74) is 0. The molecule has 0 aromatic carbocycles. The minimum absolute atomic E-state index is 0.0395. The molecule has 0 rings (SSSR count). The average molecular weight is 278 g/mol. The molecule has 0 spiro atoms. The van der Waals surface area contributed by atoms with Crippen LogP contribution in [0.15, 0.2) is 0 Å². The SMILES string of the molecule is CCCOC(OCC)(OCCCCOC)OC(C)C. The van der Waals surface area contributed by atoms with E-state index in [-0.39, 0.29) is 6.10 Å². The van der Waals surface area contributed by atoms with Gasteiger partial charge in [-0.25, -0.2) is 0 Å². The average Bonchev–Trinajstić information content (AvgIpc) is 2.36. The maximum atomic E-state index is 5.71. The van der Waals surface area contributed by atoms with Crippen LogP contribution in [-0.4, -0.2) is 45.8 Å². The van der Waals surface area contributed by atoms with Gasteiger partial charge in [-0.05, 0) is 40.0 Å². The molecule has 0 N–H and O–H groups in total. The second-order valence-corrected chi connectivity index (χ2v) is 4.50. The predicted molar refractivity (Wildman–Crippen MR) is 73.9 cm³/mol. The smallest absolute Gasteiger partial charge is 0.385 e. The monoisotopic (exact) mass is 278 g/mol. The number of unbranched alkanes of at least 4 members (excludes halogenated alkanes) is 1. The van der Waals surface area contributed by atoms with Crippen LogP contribution in [0.5, 0.6) is 0 Å². The van der Waals surface area contributed by atoms with Gasteiger partial charge >= 0.3 is 6.16 Å². The van der Waals surface area contributed by atoms with Gasteiger partial charge in [0.2, 0.25) is 0 Å². The molecule has 0 aliphatic rings. The minimum Gasteiger partial charge on any atom is -0.385 e. The van der Waals surface area contributed by atoms with Gasteiger partial charge in [0, 0.05) is 13.7 Å². The third-order valence-electron chi connectivity index (χ3n) is 2.21. The van der Waals surface area contributed by atoms with Crippen LogP contribution in [0.1, 0.15) is 47.0 Å². The Kier molecular flexibility index (Phi) is 11.5. The molecule has 0 aromatic rings. The molecular formula is C14H30O5. The Morgan fingerprint density at radius 3 is 2.05 bits per heavy atom. The van der Waals surface area contributed by atoms with Gasteiger partial charge in [0.1, 0.15) is 0 Å². The van der Waals surface area contributed by atoms with E-state index in [1.165, 1.54) is 0 Å². The molecule has 0 amide bonds. The first-order valence-electron chi connectivity index (χ1n) is 7.18. The molecule has 19 heavy (non-hydrogen) atoms. The Balaban J connectivity index is 4.32. The minimum atomic E-state index is -1.37. The maximum Gasteiger partial charge on any atom is 0.412 e. The molecule has 0 aliphatic carbocycles. The second-order valence-electron chi connectivity index (χ2n) is 4.50. The highest BCUT2D eigenvalue weighted by atomic mass is 17.0. The Morgan fingerprint density at radius 2 is 1.53 bits per heavy atom. The first-order valence-corrected chi connectivity index (χ1v) is 7.18. The molecule has 0 radical (unpaired) electrons. The summed E-state index contributed by atoms with van der Waals surface area (Å²) in [5, 5.41) is 0. The lowest BCUT2D eigenvalue weighted by atomic mass is 10.3. The highest BCUT2D eigenvalue weighted by Gasteiger charge is 2.36. The van der Waals surface area contributed by atoms with Gasteiger partial charge < -0.3 is 23.7 Å². The van der Waals surface area contributed by atoms with Crippen molar-refractivity contribution in [2.45, 2.75) is 59.2 Å². The molecule has 0 aromatic heterocycles. The van der Waals surface area contributed by atoms with Crippen LogP contribution in [-0.2, 0) is 23.7 Å². The summed E-state index contributed by atoms with van der Waals surface area (Å²) in [6.45, 7) is 10.0. The van der Waals surface area contributed by atoms with Crippen LogP contribution in [0.25, 0.3) is 0 Å². The standard InChI is InChI=1S/C14H30O5/c1-6-10-17-14(16-7-2,19-13(3)4)18-12-9-8-11-15-5/h13H,6-12H2,1-5H3. The van der Waals surface area contributed by atoms with Gasteiger partial charge in [0.05, 0.1) is 25.9 Å². The number of hydrogen-bond acceptors (Lipinski definition) is 5. The van der Waals surface area contributed by atoms with Crippen molar-refractivity contribution in [3.05, 3.63) is 0 Å². The summed E-state index contributed by atoms with van der Waals surface area (Å²) < 4.78 is 27.6. The summed E-state index contributed by atoms with van der Waals surface area (Å²) in [4.78, 5) is 0. The molecule has 0 saturated carbocycles. The van der Waals surface area contributed by atoms with E-state index in [4.69, 9.17) is 23.7 Å². The highest BCUT2D eigenvalue weighted by Crippen LogP contribution is 2.21. The molecule has 0 fully saturated rings. The van der Waals surface area contributed by atoms with E-state index in [1.54, 1.807) is 7.11 Å². The Bertz CT molecular complexity index is 198. The Morgan fingerprint density at radius 1 is 0.895 bits per heavy atom. The van der Waals surface area contributed by atoms with Crippen molar-refractivity contribution in [1.29, 1.82) is 0 Å². The van der Waals surface area contributed by atoms with E-state index < -0.39 is 6.16 Å². The zero-order valence-electron chi connectivity index (χ0n) is 13.1. The first-order chi connectivity index (χ1) is 9.10. The lowest BCUT2D eigenvalue weighted by Gasteiger charge is -2.33. The fraction of sp³-hybridized carbons (Fsp3) is 1.00. The van der Waals surface area contributed by atoms with Gasteiger partial charge in [0.25, 0.3) is 0 Å². The van der Waals surface area contributed by atoms with Gasteiger partial charge in [-0.1, -0.05) is 6.92 Å². The molecule has 0 bridgehead atoms. The third-order valence-corrected chi connectivity index (χ3v) is 2.21. The molecular weight excluding hydrogens is 248 g/mol. The highest BCUT2D eigenvalue weighted by molar-refractivity contribution is 4.49. The molecule has 5 heteroatoms. The van der Waals surface area contributed by atoms with E-state index >= 15 is 0 Å². The fourth-order valence-electron chi connectivity index (χ4n) is 1.47. The van der Waals surface area contributed by atoms with Crippen molar-refractivity contribution in [2.24, 2.45) is 0 Å². The molecule has 0 saturated heterocycles. The lowest BCUT2D eigenvalue weighted by molar-refractivity contribution is -0.505. The van der Waals surface area contributed by atoms with E-state index in [0.717, 1.165) is 25.9 Å². The van der Waals surface area contributed by atoms with E-state index in [2.05, 4.69) is 0 Å². The van der Waals surface area contributed by atoms with E-state index in [0.29, 0.717) is 19.8 Å². The Hall–Kier alpha value is -0.200. The molecule has 116 valence electrons. The van der Waals surface area contributed by atoms with Gasteiger partial charge in [-0.15, -0.1) is 0 Å². The predicted octanol–water partition coefficient (Wildman–Crippen LogP) is 2.93. The van der Waals surface area contributed by atoms with Crippen LogP contribution < -0.4 is 0 Å². The Labute approximate surface area is 117 Å². The quantitative estimate of drug-likeness (QED) is 0.383. The van der Waals surface area contributed by atoms with Crippen molar-refractivity contribution in [3.63, 3.8) is 0 Å². The molecule has 0 aliphatic heterocycles. The summed E-state index contributed by atoms with van der Waals surface area (Å²) in [6.07, 6.45) is 1.28. The van der Waals surface area contributed by atoms with Crippen LogP contribution >= 0.6 is 0 Å². The van der Waals surface area contributed by atoms with Crippen molar-refractivity contribution in [2.75, 3.05) is 33.5 Å². The first kappa shape index (κ1) is 18.8. The van der Waals surface area contributed by atoms with Gasteiger partial charge in [-0.2, -0.15) is 0 Å². The number of methoxy groups -OCH3 is 1. The van der Waals surface area contributed by atoms with Crippen LogP contribution in [0.3, 0.4) is 0 Å². The topological polar surface area (TPSA) is 46.2 Å². The van der Waals surface area contributed by atoms with Crippen molar-refractivity contribution >= 4 is 0 Å². The summed E-state index contributed by atoms with van der Waals surface area (Å²) in [7, 11) is 1.69. The number of ether oxygens (including phenoxy) is 5. The van der Waals surface area contributed by atoms with Crippen LogP contribution in [0.2, 0.25) is 0 Å². The van der Waals surface area contributed by atoms with Crippen molar-refractivity contribution in [3.8, 4) is 0 Å². The largest absolute Gasteiger partial charge is 0.412 e. The zero-order valence-corrected chi connectivity index (χ0v) is 13.1. The van der Waals surface area contributed by atoms with Gasteiger partial charge in [-0.3, -0.25) is 0 Å².